The van der Waals surface area contributed by atoms with E-state index < -0.39 is 0 Å². The lowest BCUT2D eigenvalue weighted by Crippen LogP contribution is -2.12. The van der Waals surface area contributed by atoms with Crippen molar-refractivity contribution in [2.24, 2.45) is 0 Å². The molecule has 1 saturated heterocycles. The zero-order valence-electron chi connectivity index (χ0n) is 9.19. The lowest BCUT2D eigenvalue weighted by Gasteiger charge is -2.02. The van der Waals surface area contributed by atoms with E-state index in [9.17, 15) is 0 Å². The Labute approximate surface area is 104 Å². The Morgan fingerprint density at radius 1 is 1.24 bits per heavy atom. The summed E-state index contributed by atoms with van der Waals surface area (Å²) in [6, 6.07) is 7.59. The topological polar surface area (TPSA) is 51.0 Å². The smallest absolute Gasteiger partial charge is 0.247 e. The third-order valence-corrected chi connectivity index (χ3v) is 3.14. The lowest BCUT2D eigenvalue weighted by molar-refractivity contribution is 0.437. The second-order valence-corrected chi connectivity index (χ2v) is 4.54. The summed E-state index contributed by atoms with van der Waals surface area (Å²) in [7, 11) is 0. The first kappa shape index (κ1) is 10.7. The number of hydrogen-bond acceptors (Lipinski definition) is 4. The van der Waals surface area contributed by atoms with E-state index in [-0.39, 0.29) is 6.04 Å². The molecule has 0 spiro atoms. The lowest BCUT2D eigenvalue weighted by atomic mass is 10.2. The van der Waals surface area contributed by atoms with Crippen molar-refractivity contribution in [3.05, 3.63) is 35.2 Å². The fraction of sp³-hybridized carbons (Fsp3) is 0.333. The normalized spacial score (nSPS) is 19.7. The molecule has 1 fully saturated rings. The van der Waals surface area contributed by atoms with Gasteiger partial charge in [-0.15, -0.1) is 10.2 Å². The third kappa shape index (κ3) is 2.18. The first-order chi connectivity index (χ1) is 8.33. The van der Waals surface area contributed by atoms with Gasteiger partial charge in [0.05, 0.1) is 6.04 Å². The van der Waals surface area contributed by atoms with Gasteiger partial charge >= 0.3 is 0 Å². The van der Waals surface area contributed by atoms with Crippen LogP contribution in [0.3, 0.4) is 0 Å². The average Bonchev–Trinajstić information content (AvgIpc) is 3.00. The molecule has 0 saturated carbocycles. The molecule has 1 N–H and O–H groups in total. The molecule has 17 heavy (non-hydrogen) atoms. The molecule has 0 amide bonds. The van der Waals surface area contributed by atoms with Crippen LogP contribution in [0.5, 0.6) is 0 Å². The third-order valence-electron chi connectivity index (χ3n) is 2.89. The van der Waals surface area contributed by atoms with E-state index in [1.807, 2.05) is 24.3 Å². The summed E-state index contributed by atoms with van der Waals surface area (Å²) in [4.78, 5) is 0. The maximum absolute atomic E-state index is 5.83. The van der Waals surface area contributed by atoms with Gasteiger partial charge in [-0.3, -0.25) is 0 Å². The molecule has 0 aliphatic carbocycles. The first-order valence-corrected chi connectivity index (χ1v) is 6.03. The molecular weight excluding hydrogens is 238 g/mol. The minimum Gasteiger partial charge on any atom is -0.419 e. The molecule has 1 aliphatic heterocycles. The van der Waals surface area contributed by atoms with Gasteiger partial charge < -0.3 is 9.73 Å². The van der Waals surface area contributed by atoms with Crippen LogP contribution in [0.25, 0.3) is 11.5 Å². The standard InChI is InChI=1S/C12H12ClN3O/c13-9-5-3-8(4-6-9)11-15-16-12(17-11)10-2-1-7-14-10/h3-6,10,14H,1-2,7H2/t10-/m1/s1. The Hall–Kier alpha value is -1.39. The van der Waals surface area contributed by atoms with Gasteiger partial charge in [-0.2, -0.15) is 0 Å². The molecule has 4 nitrogen and oxygen atoms in total. The summed E-state index contributed by atoms with van der Waals surface area (Å²) < 4.78 is 5.67. The van der Waals surface area contributed by atoms with Crippen LogP contribution in [-0.4, -0.2) is 16.7 Å². The van der Waals surface area contributed by atoms with Gasteiger partial charge in [0.25, 0.3) is 0 Å². The zero-order chi connectivity index (χ0) is 11.7. The molecule has 5 heteroatoms. The predicted molar refractivity (Wildman–Crippen MR) is 64.7 cm³/mol. The van der Waals surface area contributed by atoms with Crippen LogP contribution in [0, 0.1) is 0 Å². The van der Waals surface area contributed by atoms with Crippen molar-refractivity contribution in [1.29, 1.82) is 0 Å². The van der Waals surface area contributed by atoms with E-state index in [2.05, 4.69) is 15.5 Å². The second-order valence-electron chi connectivity index (χ2n) is 4.10. The van der Waals surface area contributed by atoms with E-state index in [0.29, 0.717) is 16.8 Å². The maximum atomic E-state index is 5.83. The van der Waals surface area contributed by atoms with E-state index in [0.717, 1.165) is 24.9 Å². The van der Waals surface area contributed by atoms with Crippen LogP contribution < -0.4 is 5.32 Å². The Balaban J connectivity index is 1.86. The maximum Gasteiger partial charge on any atom is 0.247 e. The van der Waals surface area contributed by atoms with Crippen molar-refractivity contribution in [2.45, 2.75) is 18.9 Å². The van der Waals surface area contributed by atoms with Crippen molar-refractivity contribution in [3.63, 3.8) is 0 Å². The molecule has 0 unspecified atom stereocenters. The van der Waals surface area contributed by atoms with Crippen molar-refractivity contribution in [3.8, 4) is 11.5 Å². The number of halogens is 1. The van der Waals surface area contributed by atoms with Gasteiger partial charge in [0, 0.05) is 10.6 Å². The molecule has 3 rings (SSSR count). The Morgan fingerprint density at radius 3 is 2.76 bits per heavy atom. The monoisotopic (exact) mass is 249 g/mol. The highest BCUT2D eigenvalue weighted by molar-refractivity contribution is 6.30. The first-order valence-electron chi connectivity index (χ1n) is 5.65. The van der Waals surface area contributed by atoms with Gasteiger partial charge in [0.1, 0.15) is 0 Å². The fourth-order valence-electron chi connectivity index (χ4n) is 1.98. The van der Waals surface area contributed by atoms with Crippen LogP contribution in [0.2, 0.25) is 5.02 Å². The summed E-state index contributed by atoms with van der Waals surface area (Å²) in [5.74, 6) is 1.22. The minimum atomic E-state index is 0.212. The van der Waals surface area contributed by atoms with E-state index in [1.54, 1.807) is 0 Å². The van der Waals surface area contributed by atoms with Crippen molar-refractivity contribution >= 4 is 11.6 Å². The number of hydrogen-bond donors (Lipinski definition) is 1. The van der Waals surface area contributed by atoms with Crippen LogP contribution >= 0.6 is 11.6 Å². The Bertz CT molecular complexity index is 503. The number of nitrogens with one attached hydrogen (secondary N) is 1. The Kier molecular flexibility index (Phi) is 2.82. The van der Waals surface area contributed by atoms with Crippen molar-refractivity contribution in [1.82, 2.24) is 15.5 Å². The van der Waals surface area contributed by atoms with Crippen molar-refractivity contribution < 1.29 is 4.42 Å². The molecule has 1 aromatic heterocycles. The highest BCUT2D eigenvalue weighted by atomic mass is 35.5. The van der Waals surface area contributed by atoms with E-state index in [1.165, 1.54) is 0 Å². The van der Waals surface area contributed by atoms with E-state index in [4.69, 9.17) is 16.0 Å². The molecule has 1 aromatic carbocycles. The van der Waals surface area contributed by atoms with Gasteiger partial charge in [0.2, 0.25) is 11.8 Å². The summed E-state index contributed by atoms with van der Waals surface area (Å²) in [5, 5.41) is 12.2. The van der Waals surface area contributed by atoms with Crippen LogP contribution in [0.1, 0.15) is 24.8 Å². The molecule has 2 aromatic rings. The van der Waals surface area contributed by atoms with Crippen LogP contribution in [-0.2, 0) is 0 Å². The number of nitrogens with zero attached hydrogens (tertiary/aromatic N) is 2. The highest BCUT2D eigenvalue weighted by Crippen LogP contribution is 2.26. The second kappa shape index (κ2) is 4.47. The van der Waals surface area contributed by atoms with Crippen molar-refractivity contribution in [2.75, 3.05) is 6.54 Å². The SMILES string of the molecule is Clc1ccc(-c2nnc([C@H]3CCCN3)o2)cc1. The summed E-state index contributed by atoms with van der Waals surface area (Å²) in [6.45, 7) is 1.02. The quantitative estimate of drug-likeness (QED) is 0.889. The molecule has 1 aliphatic rings. The molecular formula is C12H12ClN3O. The van der Waals surface area contributed by atoms with Gasteiger partial charge in [-0.1, -0.05) is 11.6 Å². The minimum absolute atomic E-state index is 0.212. The summed E-state index contributed by atoms with van der Waals surface area (Å²) >= 11 is 5.83. The average molecular weight is 250 g/mol. The van der Waals surface area contributed by atoms with Gasteiger partial charge in [0.15, 0.2) is 0 Å². The largest absolute Gasteiger partial charge is 0.419 e. The predicted octanol–water partition coefficient (Wildman–Crippen LogP) is 2.81. The van der Waals surface area contributed by atoms with Crippen LogP contribution in [0.4, 0.5) is 0 Å². The molecule has 88 valence electrons. The van der Waals surface area contributed by atoms with Crippen LogP contribution in [0.15, 0.2) is 28.7 Å². The van der Waals surface area contributed by atoms with Gasteiger partial charge in [-0.25, -0.2) is 0 Å². The molecule has 0 bridgehead atoms. The van der Waals surface area contributed by atoms with Gasteiger partial charge in [-0.05, 0) is 43.7 Å². The zero-order valence-corrected chi connectivity index (χ0v) is 9.94. The fourth-order valence-corrected chi connectivity index (χ4v) is 2.11. The molecule has 1 atom stereocenters. The summed E-state index contributed by atoms with van der Waals surface area (Å²) in [5.41, 5.74) is 0.895. The summed E-state index contributed by atoms with van der Waals surface area (Å²) in [6.07, 6.45) is 2.21. The number of rotatable bonds is 2. The molecule has 2 heterocycles. The van der Waals surface area contributed by atoms with E-state index >= 15 is 0 Å². The number of benzene rings is 1. The number of aromatic nitrogens is 2. The Morgan fingerprint density at radius 2 is 2.06 bits per heavy atom. The molecule has 0 radical (unpaired) electrons. The highest BCUT2D eigenvalue weighted by Gasteiger charge is 2.22.